The van der Waals surface area contributed by atoms with E-state index in [0.717, 1.165) is 12.3 Å². The van der Waals surface area contributed by atoms with Gasteiger partial charge in [-0.2, -0.15) is 0 Å². The number of aliphatic imine (C=N–C) groups is 1. The van der Waals surface area contributed by atoms with Gasteiger partial charge in [0.25, 0.3) is 0 Å². The molecule has 136 valence electrons. The molecule has 1 saturated heterocycles. The van der Waals surface area contributed by atoms with Gasteiger partial charge in [-0.3, -0.25) is 4.79 Å². The minimum atomic E-state index is -2.94. The minimum absolute atomic E-state index is 0.0666. The fourth-order valence-electron chi connectivity index (χ4n) is 4.12. The second-order valence-electron chi connectivity index (χ2n) is 7.62. The lowest BCUT2D eigenvalue weighted by Crippen LogP contribution is -2.49. The van der Waals surface area contributed by atoms with Gasteiger partial charge in [0, 0.05) is 26.2 Å². The van der Waals surface area contributed by atoms with Gasteiger partial charge in [0.1, 0.15) is 6.54 Å². The third-order valence-electron chi connectivity index (χ3n) is 5.50. The first-order chi connectivity index (χ1) is 11.3. The molecule has 7 nitrogen and oxygen atoms in total. The van der Waals surface area contributed by atoms with Crippen LogP contribution in [0, 0.1) is 11.8 Å². The van der Waals surface area contributed by atoms with Gasteiger partial charge < -0.3 is 15.5 Å². The van der Waals surface area contributed by atoms with Gasteiger partial charge in [-0.25, -0.2) is 13.4 Å². The number of rotatable bonds is 4. The van der Waals surface area contributed by atoms with Gasteiger partial charge in [0.15, 0.2) is 15.8 Å². The average molecular weight is 356 g/mol. The molecule has 0 radical (unpaired) electrons. The molecular weight excluding hydrogens is 328 g/mol. The zero-order chi connectivity index (χ0) is 17.3. The van der Waals surface area contributed by atoms with E-state index in [4.69, 9.17) is 0 Å². The van der Waals surface area contributed by atoms with E-state index in [1.807, 2.05) is 0 Å². The maximum absolute atomic E-state index is 11.8. The van der Waals surface area contributed by atoms with Crippen LogP contribution in [0.4, 0.5) is 0 Å². The molecule has 1 aliphatic heterocycles. The Balaban J connectivity index is 1.64. The summed E-state index contributed by atoms with van der Waals surface area (Å²) in [5, 5.41) is 6.71. The number of nitrogens with one attached hydrogen (secondary N) is 2. The number of guanidine groups is 1. The molecule has 0 aromatic rings. The Morgan fingerprint density at radius 3 is 2.50 bits per heavy atom. The number of nitrogens with zero attached hydrogens (tertiary/aromatic N) is 2. The highest BCUT2D eigenvalue weighted by molar-refractivity contribution is 7.91. The summed E-state index contributed by atoms with van der Waals surface area (Å²) in [6, 6.07) is 0.275. The molecule has 0 aromatic heterocycles. The molecule has 2 saturated carbocycles. The summed E-state index contributed by atoms with van der Waals surface area (Å²) in [5.74, 6) is 2.38. The number of likely N-dealkylation sites (N-methyl/N-ethyl adjacent to an activating group) is 1. The van der Waals surface area contributed by atoms with Crippen molar-refractivity contribution in [3.8, 4) is 0 Å². The summed E-state index contributed by atoms with van der Waals surface area (Å²) in [5.41, 5.74) is 0. The van der Waals surface area contributed by atoms with Gasteiger partial charge in [-0.05, 0) is 37.5 Å². The Morgan fingerprint density at radius 2 is 1.96 bits per heavy atom. The molecule has 3 aliphatic rings. The Morgan fingerprint density at radius 1 is 1.17 bits per heavy atom. The number of hydrogen-bond donors (Lipinski definition) is 2. The lowest BCUT2D eigenvalue weighted by atomic mass is 9.95. The normalized spacial score (nSPS) is 34.3. The monoisotopic (exact) mass is 356 g/mol. The number of sulfone groups is 1. The van der Waals surface area contributed by atoms with Gasteiger partial charge in [0.05, 0.1) is 11.5 Å². The van der Waals surface area contributed by atoms with E-state index < -0.39 is 9.84 Å². The predicted molar refractivity (Wildman–Crippen MR) is 93.6 cm³/mol. The van der Waals surface area contributed by atoms with E-state index >= 15 is 0 Å². The summed E-state index contributed by atoms with van der Waals surface area (Å²) in [6.45, 7) is 0.0720. The highest BCUT2D eigenvalue weighted by Crippen LogP contribution is 2.44. The summed E-state index contributed by atoms with van der Waals surface area (Å²) in [6.07, 6.45) is 5.60. The summed E-state index contributed by atoms with van der Waals surface area (Å²) >= 11 is 0. The SMILES string of the molecule is CN(C)C(=O)CN=C(NC1CCS(=O)(=O)C1)NC1CC2CCC1C2. The predicted octanol–water partition coefficient (Wildman–Crippen LogP) is -0.0145. The number of carbonyl (C=O) groups excluding carboxylic acids is 1. The van der Waals surface area contributed by atoms with Crippen molar-refractivity contribution in [3.05, 3.63) is 0 Å². The van der Waals surface area contributed by atoms with Crippen LogP contribution in [0.5, 0.6) is 0 Å². The number of fused-ring (bicyclic) bond motifs is 2. The van der Waals surface area contributed by atoms with Crippen LogP contribution >= 0.6 is 0 Å². The topological polar surface area (TPSA) is 90.9 Å². The highest BCUT2D eigenvalue weighted by atomic mass is 32.2. The molecule has 8 heteroatoms. The van der Waals surface area contributed by atoms with E-state index in [9.17, 15) is 13.2 Å². The van der Waals surface area contributed by atoms with Gasteiger partial charge >= 0.3 is 0 Å². The first kappa shape index (κ1) is 17.5. The smallest absolute Gasteiger partial charge is 0.243 e. The fraction of sp³-hybridized carbons (Fsp3) is 0.875. The van der Waals surface area contributed by atoms with Crippen molar-refractivity contribution in [1.29, 1.82) is 0 Å². The van der Waals surface area contributed by atoms with Crippen molar-refractivity contribution in [2.24, 2.45) is 16.8 Å². The quantitative estimate of drug-likeness (QED) is 0.546. The van der Waals surface area contributed by atoms with Crippen LogP contribution in [0.2, 0.25) is 0 Å². The minimum Gasteiger partial charge on any atom is -0.353 e. The van der Waals surface area contributed by atoms with E-state index in [-0.39, 0.29) is 30.0 Å². The zero-order valence-corrected chi connectivity index (χ0v) is 15.3. The third-order valence-corrected chi connectivity index (χ3v) is 7.27. The molecule has 1 heterocycles. The Bertz CT molecular complexity index is 617. The van der Waals surface area contributed by atoms with Gasteiger partial charge in [-0.1, -0.05) is 6.42 Å². The molecule has 4 atom stereocenters. The molecule has 0 spiro atoms. The highest BCUT2D eigenvalue weighted by Gasteiger charge is 2.40. The van der Waals surface area contributed by atoms with Crippen LogP contribution in [0.3, 0.4) is 0 Å². The second kappa shape index (κ2) is 6.90. The Hall–Kier alpha value is -1.31. The Labute approximate surface area is 144 Å². The molecule has 0 aromatic carbocycles. The molecule has 1 amide bonds. The van der Waals surface area contributed by atoms with Crippen molar-refractivity contribution in [1.82, 2.24) is 15.5 Å². The molecule has 2 aliphatic carbocycles. The van der Waals surface area contributed by atoms with Crippen molar-refractivity contribution >= 4 is 21.7 Å². The average Bonchev–Trinajstić information content (AvgIpc) is 3.20. The fourth-order valence-corrected chi connectivity index (χ4v) is 5.79. The first-order valence-electron chi connectivity index (χ1n) is 8.80. The van der Waals surface area contributed by atoms with E-state index in [2.05, 4.69) is 15.6 Å². The number of hydrogen-bond acceptors (Lipinski definition) is 4. The van der Waals surface area contributed by atoms with Crippen LogP contribution in [0.25, 0.3) is 0 Å². The van der Waals surface area contributed by atoms with Crippen molar-refractivity contribution in [2.75, 3.05) is 32.1 Å². The van der Waals surface area contributed by atoms with Crippen LogP contribution in [-0.4, -0.2) is 69.4 Å². The molecule has 4 unspecified atom stereocenters. The third kappa shape index (κ3) is 4.20. The summed E-state index contributed by atoms with van der Waals surface area (Å²) in [4.78, 5) is 17.7. The molecule has 24 heavy (non-hydrogen) atoms. The first-order valence-corrected chi connectivity index (χ1v) is 10.6. The Kier molecular flexibility index (Phi) is 5.03. The second-order valence-corrected chi connectivity index (χ2v) is 9.85. The van der Waals surface area contributed by atoms with Crippen molar-refractivity contribution in [2.45, 2.75) is 44.2 Å². The number of carbonyl (C=O) groups is 1. The van der Waals surface area contributed by atoms with Crippen molar-refractivity contribution in [3.63, 3.8) is 0 Å². The maximum atomic E-state index is 11.8. The van der Waals surface area contributed by atoms with Crippen LogP contribution < -0.4 is 10.6 Å². The standard InChI is InChI=1S/C16H28N4O3S/c1-20(2)15(21)9-17-16(18-13-5-6-24(22,23)10-13)19-14-8-11-3-4-12(14)7-11/h11-14H,3-10H2,1-2H3,(H2,17,18,19). The van der Waals surface area contributed by atoms with E-state index in [0.29, 0.717) is 24.3 Å². The maximum Gasteiger partial charge on any atom is 0.243 e. The zero-order valence-electron chi connectivity index (χ0n) is 14.5. The molecule has 3 rings (SSSR count). The van der Waals surface area contributed by atoms with Gasteiger partial charge in [-0.15, -0.1) is 0 Å². The largest absolute Gasteiger partial charge is 0.353 e. The van der Waals surface area contributed by atoms with Crippen LogP contribution in [0.1, 0.15) is 32.1 Å². The van der Waals surface area contributed by atoms with E-state index in [1.165, 1.54) is 24.2 Å². The lowest BCUT2D eigenvalue weighted by molar-refractivity contribution is -0.127. The summed E-state index contributed by atoms with van der Waals surface area (Å²) in [7, 11) is 0.471. The molecule has 2 bridgehead atoms. The van der Waals surface area contributed by atoms with Crippen molar-refractivity contribution < 1.29 is 13.2 Å². The summed E-state index contributed by atoms with van der Waals surface area (Å²) < 4.78 is 23.3. The molecule has 3 fully saturated rings. The molecule has 2 N–H and O–H groups in total. The van der Waals surface area contributed by atoms with Gasteiger partial charge in [0.2, 0.25) is 5.91 Å². The van der Waals surface area contributed by atoms with Crippen LogP contribution in [0.15, 0.2) is 4.99 Å². The van der Waals surface area contributed by atoms with E-state index in [1.54, 1.807) is 14.1 Å². The van der Waals surface area contributed by atoms with Crippen LogP contribution in [-0.2, 0) is 14.6 Å². The number of amides is 1. The lowest BCUT2D eigenvalue weighted by Gasteiger charge is -2.26. The molecular formula is C16H28N4O3S.